The van der Waals surface area contributed by atoms with Crippen LogP contribution in [-0.2, 0) is 14.0 Å². The van der Waals surface area contributed by atoms with Crippen LogP contribution < -0.4 is 0 Å². The maximum atomic E-state index is 7.12. The first kappa shape index (κ1) is 21.6. The van der Waals surface area contributed by atoms with E-state index in [1.165, 1.54) is 0 Å². The van der Waals surface area contributed by atoms with Crippen molar-refractivity contribution in [2.45, 2.75) is 70.5 Å². The molecule has 1 fully saturated rings. The van der Waals surface area contributed by atoms with Gasteiger partial charge in [0.1, 0.15) is 41.1 Å². The normalized spacial score (nSPS) is 27.5. The average Bonchev–Trinajstić information content (AvgIpc) is 2.87. The lowest BCUT2D eigenvalue weighted by Gasteiger charge is -2.39. The molecule has 6 nitrogen and oxygen atoms in total. The zero-order valence-corrected chi connectivity index (χ0v) is 17.4. The fourth-order valence-corrected chi connectivity index (χ4v) is 5.73. The number of terminal acetylenes is 1. The highest BCUT2D eigenvalue weighted by Gasteiger charge is 2.45. The summed E-state index contributed by atoms with van der Waals surface area (Å²) in [6.07, 6.45) is 5.88. The molecular formula is C18H32BN2O4P. The molecule has 0 aromatic heterocycles. The van der Waals surface area contributed by atoms with Crippen LogP contribution >= 0.6 is 8.30 Å². The predicted octanol–water partition coefficient (Wildman–Crippen LogP) is 1.48. The third kappa shape index (κ3) is 6.50. The largest absolute Gasteiger partial charge is 0.394 e. The van der Waals surface area contributed by atoms with E-state index in [9.17, 15) is 0 Å². The molecular weight excluding hydrogens is 350 g/mol. The summed E-state index contributed by atoms with van der Waals surface area (Å²) in [6.45, 7) is 16.4. The molecule has 0 aromatic rings. The van der Waals surface area contributed by atoms with Crippen molar-refractivity contribution in [3.05, 3.63) is 11.4 Å². The van der Waals surface area contributed by atoms with Crippen molar-refractivity contribution in [2.24, 2.45) is 0 Å². The minimum absolute atomic E-state index is 0.111. The predicted molar refractivity (Wildman–Crippen MR) is 108 cm³/mol. The van der Waals surface area contributed by atoms with E-state index < -0.39 is 8.30 Å². The first-order valence-corrected chi connectivity index (χ1v) is 10.6. The van der Waals surface area contributed by atoms with Crippen molar-refractivity contribution in [1.29, 1.82) is 1.43 Å². The smallest absolute Gasteiger partial charge is 0.215 e. The summed E-state index contributed by atoms with van der Waals surface area (Å²) in [5.41, 5.74) is 0. The fourth-order valence-electron chi connectivity index (χ4n) is 3.31. The number of hydrogen-bond donors (Lipinski definition) is 1. The lowest BCUT2D eigenvalue weighted by molar-refractivity contribution is -0.00495. The van der Waals surface area contributed by atoms with E-state index in [-0.39, 0.29) is 37.5 Å². The van der Waals surface area contributed by atoms with Gasteiger partial charge in [-0.25, -0.2) is 6.57 Å². The van der Waals surface area contributed by atoms with Gasteiger partial charge in [0.15, 0.2) is 0 Å². The van der Waals surface area contributed by atoms with Crippen LogP contribution in [0.25, 0.3) is 4.85 Å². The molecule has 0 aromatic carbocycles. The second kappa shape index (κ2) is 11.9. The minimum atomic E-state index is -0.962. The summed E-state index contributed by atoms with van der Waals surface area (Å²) < 4.78 is 27.8. The van der Waals surface area contributed by atoms with Crippen LogP contribution in [0.4, 0.5) is 0 Å². The number of ether oxygens (including phenoxy) is 2. The molecule has 2 unspecified atom stereocenters. The molecule has 0 spiro atoms. The maximum Gasteiger partial charge on any atom is 0.215 e. The second-order valence-corrected chi connectivity index (χ2v) is 8.80. The lowest BCUT2D eigenvalue weighted by atomic mass is 9.93. The Bertz CT molecular complexity index is 507. The van der Waals surface area contributed by atoms with Crippen LogP contribution in [0.1, 0.15) is 34.1 Å². The fraction of sp³-hybridized carbons (Fsp3) is 0.833. The average molecular weight is 383 g/mol. The van der Waals surface area contributed by atoms with Gasteiger partial charge >= 0.3 is 0 Å². The summed E-state index contributed by atoms with van der Waals surface area (Å²) in [7, 11) is 0.960. The van der Waals surface area contributed by atoms with E-state index in [0.717, 1.165) is 12.6 Å². The Balaban J connectivity index is 3.03. The van der Waals surface area contributed by atoms with Gasteiger partial charge in [0, 0.05) is 24.7 Å². The van der Waals surface area contributed by atoms with E-state index in [0.29, 0.717) is 18.6 Å². The van der Waals surface area contributed by atoms with Crippen LogP contribution in [0.2, 0.25) is 0 Å². The molecule has 0 amide bonds. The number of aliphatic hydroxyl groups is 1. The van der Waals surface area contributed by atoms with E-state index in [2.05, 4.69) is 48.2 Å². The van der Waals surface area contributed by atoms with Crippen molar-refractivity contribution in [1.82, 2.24) is 4.67 Å². The van der Waals surface area contributed by atoms with Gasteiger partial charge in [-0.1, -0.05) is 5.92 Å². The van der Waals surface area contributed by atoms with Gasteiger partial charge in [0.05, 0.1) is 12.6 Å². The maximum absolute atomic E-state index is 7.12. The molecule has 26 heavy (non-hydrogen) atoms. The SMILES string of the molecule is [2H]OC[C@H]1O[C@@H](B)[C@@H](OCC#C)C1OP(CCC[N+]#[C-])N(C(C)C)C(C)C. The molecule has 1 rings (SSSR count). The molecule has 0 aliphatic carbocycles. The zero-order chi connectivity index (χ0) is 20.4. The Hall–Kier alpha value is -0.655. The van der Waals surface area contributed by atoms with Crippen LogP contribution in [0, 0.1) is 18.9 Å². The van der Waals surface area contributed by atoms with Gasteiger partial charge in [0.2, 0.25) is 7.98 Å². The molecule has 1 heterocycles. The molecule has 1 N–H and O–H groups in total. The molecule has 0 bridgehead atoms. The summed E-state index contributed by atoms with van der Waals surface area (Å²) in [5, 5.41) is 4.60. The summed E-state index contributed by atoms with van der Waals surface area (Å²) in [5.74, 6) is 2.50. The van der Waals surface area contributed by atoms with E-state index in [1.807, 2.05) is 7.85 Å². The van der Waals surface area contributed by atoms with E-state index in [4.69, 9.17) is 28.4 Å². The van der Waals surface area contributed by atoms with Gasteiger partial charge in [0.25, 0.3) is 0 Å². The van der Waals surface area contributed by atoms with Crippen LogP contribution in [0.15, 0.2) is 0 Å². The minimum Gasteiger partial charge on any atom is -0.394 e. The molecule has 0 radical (unpaired) electrons. The van der Waals surface area contributed by atoms with E-state index >= 15 is 0 Å². The third-order valence-electron chi connectivity index (χ3n) is 4.24. The Morgan fingerprint density at radius 3 is 2.65 bits per heavy atom. The van der Waals surface area contributed by atoms with Gasteiger partial charge in [-0.05, 0) is 27.7 Å². The van der Waals surface area contributed by atoms with Crippen molar-refractivity contribution < 1.29 is 19.1 Å². The van der Waals surface area contributed by atoms with Crippen LogP contribution in [0.3, 0.4) is 0 Å². The van der Waals surface area contributed by atoms with Gasteiger partial charge < -0.3 is 24.0 Å². The summed E-state index contributed by atoms with van der Waals surface area (Å²) in [6, 6.07) is 0.412. The number of hydrogen-bond acceptors (Lipinski definition) is 5. The van der Waals surface area contributed by atoms with Crippen molar-refractivity contribution >= 4 is 16.1 Å². The number of aliphatic hydroxyl groups excluding tert-OH is 1. The molecule has 0 saturated carbocycles. The highest BCUT2D eigenvalue weighted by molar-refractivity contribution is 7.50. The van der Waals surface area contributed by atoms with Gasteiger partial charge in [-0.15, -0.1) is 6.42 Å². The van der Waals surface area contributed by atoms with Gasteiger partial charge in [-0.2, -0.15) is 0 Å². The Morgan fingerprint density at radius 2 is 2.12 bits per heavy atom. The second-order valence-electron chi connectivity index (χ2n) is 6.97. The van der Waals surface area contributed by atoms with Crippen molar-refractivity contribution in [2.75, 3.05) is 25.9 Å². The highest BCUT2D eigenvalue weighted by Crippen LogP contribution is 2.48. The van der Waals surface area contributed by atoms with Crippen molar-refractivity contribution in [3.63, 3.8) is 0 Å². The highest BCUT2D eigenvalue weighted by atomic mass is 31.2. The number of nitrogens with zero attached hydrogens (tertiary/aromatic N) is 2. The van der Waals surface area contributed by atoms with Crippen LogP contribution in [-0.4, -0.2) is 81.4 Å². The van der Waals surface area contributed by atoms with Crippen LogP contribution in [0.5, 0.6) is 0 Å². The molecule has 1 saturated heterocycles. The lowest BCUT2D eigenvalue weighted by Crippen LogP contribution is -2.41. The summed E-state index contributed by atoms with van der Waals surface area (Å²) >= 11 is 0. The van der Waals surface area contributed by atoms with Gasteiger partial charge in [-0.3, -0.25) is 4.67 Å². The standard InChI is InChI=1S/C18H32BN2O4P/c1-7-10-23-17-16(15(12-22)24-18(17)19)25-26(11-8-9-20-6)21(13(2)3)14(4)5/h1,13-18,22H,8-12,19H2,2-5H3/t15-,16?,17+,18-,26?/m1/s1/i22D. The topological polar surface area (TPSA) is 55.5 Å². The van der Waals surface area contributed by atoms with E-state index in [1.54, 1.807) is 0 Å². The monoisotopic (exact) mass is 383 g/mol. The quantitative estimate of drug-likeness (QED) is 0.182. The number of rotatable bonds is 12. The zero-order valence-electron chi connectivity index (χ0n) is 17.6. The molecule has 1 aliphatic heterocycles. The molecule has 1 aliphatic rings. The third-order valence-corrected chi connectivity index (χ3v) is 6.87. The Labute approximate surface area is 162 Å². The molecule has 5 atom stereocenters. The Kier molecular flexibility index (Phi) is 9.93. The van der Waals surface area contributed by atoms with Crippen molar-refractivity contribution in [3.8, 4) is 12.3 Å². The molecule has 8 heteroatoms. The summed E-state index contributed by atoms with van der Waals surface area (Å²) in [4.78, 5) is 3.47. The first-order chi connectivity index (χ1) is 12.9. The Morgan fingerprint density at radius 1 is 1.42 bits per heavy atom. The first-order valence-electron chi connectivity index (χ1n) is 9.62. The molecule has 146 valence electrons.